The van der Waals surface area contributed by atoms with Gasteiger partial charge in [-0.15, -0.1) is 0 Å². The van der Waals surface area contributed by atoms with Crippen molar-refractivity contribution in [3.63, 3.8) is 0 Å². The van der Waals surface area contributed by atoms with Crippen molar-refractivity contribution in [2.75, 3.05) is 0 Å². The number of hydrogen-bond donors (Lipinski definition) is 2. The number of hydrazine groups is 1. The van der Waals surface area contributed by atoms with Crippen molar-refractivity contribution in [2.45, 2.75) is 45.1 Å². The molecule has 0 amide bonds. The van der Waals surface area contributed by atoms with E-state index in [-0.39, 0.29) is 6.04 Å². The van der Waals surface area contributed by atoms with E-state index in [4.69, 9.17) is 5.84 Å². The van der Waals surface area contributed by atoms with Crippen LogP contribution in [0, 0.1) is 12.8 Å². The third-order valence-electron chi connectivity index (χ3n) is 3.79. The lowest BCUT2D eigenvalue weighted by Crippen LogP contribution is -2.34. The van der Waals surface area contributed by atoms with Crippen LogP contribution in [-0.4, -0.2) is 0 Å². The Morgan fingerprint density at radius 3 is 2.59 bits per heavy atom. The van der Waals surface area contributed by atoms with Gasteiger partial charge < -0.3 is 0 Å². The van der Waals surface area contributed by atoms with Crippen molar-refractivity contribution < 1.29 is 0 Å². The Kier molecular flexibility index (Phi) is 4.60. The summed E-state index contributed by atoms with van der Waals surface area (Å²) in [7, 11) is 0. The lowest BCUT2D eigenvalue weighted by atomic mass is 9.81. The summed E-state index contributed by atoms with van der Waals surface area (Å²) in [5.41, 5.74) is 5.59. The largest absolute Gasteiger partial charge is 0.271 e. The van der Waals surface area contributed by atoms with Crippen LogP contribution in [-0.2, 0) is 0 Å². The van der Waals surface area contributed by atoms with Gasteiger partial charge in [-0.1, -0.05) is 47.3 Å². The molecule has 0 radical (unpaired) electrons. The molecule has 0 aromatic heterocycles. The molecular weight excluding hydrogens is 276 g/mol. The minimum atomic E-state index is 0.283. The van der Waals surface area contributed by atoms with Crippen molar-refractivity contribution in [1.82, 2.24) is 5.43 Å². The van der Waals surface area contributed by atoms with E-state index < -0.39 is 0 Å². The van der Waals surface area contributed by atoms with Crippen LogP contribution in [0.3, 0.4) is 0 Å². The number of benzene rings is 1. The Balaban J connectivity index is 2.21. The smallest absolute Gasteiger partial charge is 0.0499 e. The summed E-state index contributed by atoms with van der Waals surface area (Å²) in [5.74, 6) is 6.45. The van der Waals surface area contributed by atoms with Gasteiger partial charge >= 0.3 is 0 Å². The topological polar surface area (TPSA) is 38.0 Å². The maximum Gasteiger partial charge on any atom is 0.0499 e. The predicted molar refractivity (Wildman–Crippen MR) is 75.5 cm³/mol. The van der Waals surface area contributed by atoms with Gasteiger partial charge in [0.15, 0.2) is 0 Å². The van der Waals surface area contributed by atoms with E-state index in [1.165, 1.54) is 47.7 Å². The molecule has 1 saturated carbocycles. The Morgan fingerprint density at radius 2 is 2.00 bits per heavy atom. The molecule has 0 saturated heterocycles. The van der Waals surface area contributed by atoms with Gasteiger partial charge in [-0.25, -0.2) is 0 Å². The fourth-order valence-corrected chi connectivity index (χ4v) is 3.57. The molecule has 1 aliphatic carbocycles. The number of nitrogens with two attached hydrogens (primary N) is 1. The molecule has 17 heavy (non-hydrogen) atoms. The second kappa shape index (κ2) is 5.98. The van der Waals surface area contributed by atoms with Crippen molar-refractivity contribution in [3.05, 3.63) is 33.8 Å². The summed E-state index contributed by atoms with van der Waals surface area (Å²) >= 11 is 3.66. The van der Waals surface area contributed by atoms with Crippen LogP contribution in [0.5, 0.6) is 0 Å². The van der Waals surface area contributed by atoms with E-state index >= 15 is 0 Å². The molecule has 2 rings (SSSR count). The Hall–Kier alpha value is -0.380. The van der Waals surface area contributed by atoms with Gasteiger partial charge in [0.05, 0.1) is 0 Å². The number of hydrogen-bond acceptors (Lipinski definition) is 2. The molecule has 1 unspecified atom stereocenters. The van der Waals surface area contributed by atoms with Crippen molar-refractivity contribution >= 4 is 15.9 Å². The van der Waals surface area contributed by atoms with Gasteiger partial charge in [0.1, 0.15) is 0 Å². The second-order valence-corrected chi connectivity index (χ2v) is 5.92. The number of nitrogens with one attached hydrogen (secondary N) is 1. The SMILES string of the molecule is Cc1ccc(C(NN)C2CCCCC2)c(Br)c1. The maximum atomic E-state index is 5.77. The van der Waals surface area contributed by atoms with Gasteiger partial charge in [-0.2, -0.15) is 0 Å². The van der Waals surface area contributed by atoms with Crippen LogP contribution >= 0.6 is 15.9 Å². The van der Waals surface area contributed by atoms with E-state index in [0.29, 0.717) is 5.92 Å². The van der Waals surface area contributed by atoms with E-state index in [1.807, 2.05) is 0 Å². The molecular formula is C14H21BrN2. The first-order valence-corrected chi connectivity index (χ1v) is 7.24. The number of halogens is 1. The van der Waals surface area contributed by atoms with Crippen molar-refractivity contribution in [1.29, 1.82) is 0 Å². The maximum absolute atomic E-state index is 5.77. The first kappa shape index (κ1) is 13.1. The van der Waals surface area contributed by atoms with E-state index in [0.717, 1.165) is 0 Å². The lowest BCUT2D eigenvalue weighted by Gasteiger charge is -2.30. The molecule has 1 fully saturated rings. The lowest BCUT2D eigenvalue weighted by molar-refractivity contribution is 0.273. The first-order valence-electron chi connectivity index (χ1n) is 6.44. The predicted octanol–water partition coefficient (Wildman–Crippen LogP) is 3.84. The molecule has 3 N–H and O–H groups in total. The zero-order valence-corrected chi connectivity index (χ0v) is 12.0. The Bertz CT molecular complexity index is 372. The molecule has 1 aromatic carbocycles. The highest BCUT2D eigenvalue weighted by Gasteiger charge is 2.25. The van der Waals surface area contributed by atoms with Crippen LogP contribution in [0.1, 0.15) is 49.3 Å². The Morgan fingerprint density at radius 1 is 1.29 bits per heavy atom. The van der Waals surface area contributed by atoms with Crippen LogP contribution < -0.4 is 11.3 Å². The van der Waals surface area contributed by atoms with Gasteiger partial charge in [0, 0.05) is 10.5 Å². The molecule has 2 nitrogen and oxygen atoms in total. The molecule has 1 aliphatic rings. The zero-order chi connectivity index (χ0) is 12.3. The molecule has 0 spiro atoms. The van der Waals surface area contributed by atoms with Gasteiger partial charge in [0.2, 0.25) is 0 Å². The average molecular weight is 297 g/mol. The summed E-state index contributed by atoms with van der Waals surface area (Å²) in [5, 5.41) is 0. The van der Waals surface area contributed by atoms with Crippen LogP contribution in [0.2, 0.25) is 0 Å². The first-order chi connectivity index (χ1) is 8.22. The standard InChI is InChI=1S/C14H21BrN2/c1-10-7-8-12(13(15)9-10)14(17-16)11-5-3-2-4-6-11/h7-9,11,14,17H,2-6,16H2,1H3. The minimum Gasteiger partial charge on any atom is -0.271 e. The highest BCUT2D eigenvalue weighted by molar-refractivity contribution is 9.10. The number of aryl methyl sites for hydroxylation is 1. The third-order valence-corrected chi connectivity index (χ3v) is 4.48. The highest BCUT2D eigenvalue weighted by Crippen LogP contribution is 2.36. The average Bonchev–Trinajstić information content (AvgIpc) is 2.34. The molecule has 1 aromatic rings. The molecule has 94 valence electrons. The summed E-state index contributed by atoms with van der Waals surface area (Å²) in [6, 6.07) is 6.80. The van der Waals surface area contributed by atoms with Gasteiger partial charge in [0.25, 0.3) is 0 Å². The summed E-state index contributed by atoms with van der Waals surface area (Å²) in [6.07, 6.45) is 6.63. The second-order valence-electron chi connectivity index (χ2n) is 5.07. The third kappa shape index (κ3) is 3.09. The summed E-state index contributed by atoms with van der Waals surface area (Å²) < 4.78 is 1.17. The normalized spacial score (nSPS) is 19.2. The van der Waals surface area contributed by atoms with Gasteiger partial charge in [-0.05, 0) is 42.9 Å². The van der Waals surface area contributed by atoms with E-state index in [9.17, 15) is 0 Å². The van der Waals surface area contributed by atoms with Gasteiger partial charge in [-0.3, -0.25) is 11.3 Å². The molecule has 0 heterocycles. The van der Waals surface area contributed by atoms with Crippen molar-refractivity contribution in [2.24, 2.45) is 11.8 Å². The van der Waals surface area contributed by atoms with E-state index in [2.05, 4.69) is 46.5 Å². The molecule has 0 aliphatic heterocycles. The summed E-state index contributed by atoms with van der Waals surface area (Å²) in [6.45, 7) is 2.11. The fraction of sp³-hybridized carbons (Fsp3) is 0.571. The minimum absolute atomic E-state index is 0.283. The van der Waals surface area contributed by atoms with Crippen LogP contribution in [0.25, 0.3) is 0 Å². The number of rotatable bonds is 3. The fourth-order valence-electron chi connectivity index (χ4n) is 2.83. The monoisotopic (exact) mass is 296 g/mol. The summed E-state index contributed by atoms with van der Waals surface area (Å²) in [4.78, 5) is 0. The van der Waals surface area contributed by atoms with E-state index in [1.54, 1.807) is 0 Å². The van der Waals surface area contributed by atoms with Crippen LogP contribution in [0.15, 0.2) is 22.7 Å². The zero-order valence-electron chi connectivity index (χ0n) is 10.4. The van der Waals surface area contributed by atoms with Crippen LogP contribution in [0.4, 0.5) is 0 Å². The molecule has 3 heteroatoms. The molecule has 0 bridgehead atoms. The Labute approximate surface area is 112 Å². The highest BCUT2D eigenvalue weighted by atomic mass is 79.9. The van der Waals surface area contributed by atoms with Crippen molar-refractivity contribution in [3.8, 4) is 0 Å². The molecule has 1 atom stereocenters. The quantitative estimate of drug-likeness (QED) is 0.657.